The molecule has 1 saturated heterocycles. The third-order valence-corrected chi connectivity index (χ3v) is 4.20. The van der Waals surface area contributed by atoms with E-state index < -0.39 is 0 Å². The van der Waals surface area contributed by atoms with E-state index in [0.717, 1.165) is 11.3 Å². The molecule has 0 atom stereocenters. The van der Waals surface area contributed by atoms with Gasteiger partial charge in [0.2, 0.25) is 0 Å². The van der Waals surface area contributed by atoms with Crippen molar-refractivity contribution in [2.24, 2.45) is 0 Å². The molecule has 3 rings (SSSR count). The molecule has 0 aliphatic carbocycles. The van der Waals surface area contributed by atoms with Gasteiger partial charge in [-0.15, -0.1) is 0 Å². The van der Waals surface area contributed by atoms with Gasteiger partial charge in [-0.05, 0) is 43.4 Å². The minimum absolute atomic E-state index is 0.179. The summed E-state index contributed by atoms with van der Waals surface area (Å²) in [5.74, 6) is 0.452. The molecule has 0 radical (unpaired) electrons. The first kappa shape index (κ1) is 13.9. The molecule has 1 fully saturated rings. The Morgan fingerprint density at radius 2 is 2.05 bits per heavy atom. The molecule has 1 aromatic heterocycles. The number of anilines is 1. The van der Waals surface area contributed by atoms with Crippen LogP contribution in [0.2, 0.25) is 0 Å². The summed E-state index contributed by atoms with van der Waals surface area (Å²) in [5.41, 5.74) is 5.00. The van der Waals surface area contributed by atoms with Gasteiger partial charge in [0.25, 0.3) is 5.91 Å². The summed E-state index contributed by atoms with van der Waals surface area (Å²) in [5, 5.41) is 1.37. The van der Waals surface area contributed by atoms with Gasteiger partial charge in [-0.1, -0.05) is 29.5 Å². The van der Waals surface area contributed by atoms with Crippen molar-refractivity contribution in [3.63, 3.8) is 0 Å². The van der Waals surface area contributed by atoms with E-state index in [1.807, 2.05) is 31.2 Å². The van der Waals surface area contributed by atoms with Crippen molar-refractivity contribution in [1.29, 1.82) is 0 Å². The summed E-state index contributed by atoms with van der Waals surface area (Å²) in [7, 11) is 0. The van der Waals surface area contributed by atoms with Crippen LogP contribution < -0.4 is 5.43 Å². The SMILES string of the molecule is Cc1ccc(NN2C(=O)/C(=C\c3ccco3)SC2=S)cc1. The maximum absolute atomic E-state index is 12.4. The number of furan rings is 1. The number of hydrazine groups is 1. The molecular weight excluding hydrogens is 304 g/mol. The van der Waals surface area contributed by atoms with Gasteiger partial charge in [-0.3, -0.25) is 10.2 Å². The minimum atomic E-state index is -0.179. The summed E-state index contributed by atoms with van der Waals surface area (Å²) in [6, 6.07) is 11.3. The second kappa shape index (κ2) is 5.75. The third kappa shape index (κ3) is 3.01. The molecule has 0 unspecified atom stereocenters. The second-order valence-corrected chi connectivity index (χ2v) is 6.19. The number of thioether (sulfide) groups is 1. The molecule has 2 heterocycles. The van der Waals surface area contributed by atoms with Crippen molar-refractivity contribution in [3.05, 3.63) is 58.9 Å². The molecule has 1 amide bonds. The van der Waals surface area contributed by atoms with Crippen molar-refractivity contribution in [3.8, 4) is 0 Å². The number of amides is 1. The number of carbonyl (C=O) groups is 1. The van der Waals surface area contributed by atoms with Gasteiger partial charge in [-0.25, -0.2) is 5.01 Å². The van der Waals surface area contributed by atoms with Crippen LogP contribution in [0, 0.1) is 6.92 Å². The van der Waals surface area contributed by atoms with E-state index in [1.165, 1.54) is 16.8 Å². The van der Waals surface area contributed by atoms with E-state index >= 15 is 0 Å². The summed E-state index contributed by atoms with van der Waals surface area (Å²) in [6.07, 6.45) is 3.26. The highest BCUT2D eigenvalue weighted by Crippen LogP contribution is 2.32. The lowest BCUT2D eigenvalue weighted by Gasteiger charge is -2.17. The number of rotatable bonds is 3. The largest absolute Gasteiger partial charge is 0.465 e. The fourth-order valence-electron chi connectivity index (χ4n) is 1.82. The summed E-state index contributed by atoms with van der Waals surface area (Å²) in [6.45, 7) is 2.01. The van der Waals surface area contributed by atoms with E-state index in [9.17, 15) is 4.79 Å². The molecule has 1 N–H and O–H groups in total. The number of hydrogen-bond acceptors (Lipinski definition) is 5. The van der Waals surface area contributed by atoms with Gasteiger partial charge in [-0.2, -0.15) is 0 Å². The molecule has 6 heteroatoms. The zero-order valence-electron chi connectivity index (χ0n) is 11.2. The van der Waals surface area contributed by atoms with Crippen LogP contribution in [0.4, 0.5) is 5.69 Å². The normalized spacial score (nSPS) is 16.8. The Kier molecular flexibility index (Phi) is 3.81. The van der Waals surface area contributed by atoms with Gasteiger partial charge in [0.05, 0.1) is 16.9 Å². The average molecular weight is 316 g/mol. The fourth-order valence-corrected chi connectivity index (χ4v) is 2.98. The maximum Gasteiger partial charge on any atom is 0.285 e. The highest BCUT2D eigenvalue weighted by Gasteiger charge is 2.32. The zero-order valence-corrected chi connectivity index (χ0v) is 12.8. The lowest BCUT2D eigenvalue weighted by Crippen LogP contribution is -2.33. The number of aryl methyl sites for hydroxylation is 1. The van der Waals surface area contributed by atoms with Crippen molar-refractivity contribution in [1.82, 2.24) is 5.01 Å². The Balaban J connectivity index is 1.79. The number of carbonyl (C=O) groups excluding carboxylic acids is 1. The molecule has 1 aromatic carbocycles. The molecular formula is C15H12N2O2S2. The Labute approximate surface area is 131 Å². The molecule has 0 spiro atoms. The Bertz CT molecular complexity index is 706. The molecule has 0 bridgehead atoms. The summed E-state index contributed by atoms with van der Waals surface area (Å²) >= 11 is 6.50. The molecule has 4 nitrogen and oxygen atoms in total. The van der Waals surface area contributed by atoms with Crippen LogP contribution in [-0.4, -0.2) is 15.2 Å². The smallest absolute Gasteiger partial charge is 0.285 e. The Hall–Kier alpha value is -2.05. The fraction of sp³-hybridized carbons (Fsp3) is 0.0667. The monoisotopic (exact) mass is 316 g/mol. The minimum Gasteiger partial charge on any atom is -0.465 e. The van der Waals surface area contributed by atoms with Crippen molar-refractivity contribution >= 4 is 46.0 Å². The molecule has 1 aliphatic heterocycles. The second-order valence-electron chi connectivity index (χ2n) is 4.51. The van der Waals surface area contributed by atoms with Crippen LogP contribution in [0.15, 0.2) is 52.0 Å². The predicted octanol–water partition coefficient (Wildman–Crippen LogP) is 3.82. The quantitative estimate of drug-likeness (QED) is 0.689. The van der Waals surface area contributed by atoms with Gasteiger partial charge in [0.1, 0.15) is 5.76 Å². The Morgan fingerprint density at radius 1 is 1.29 bits per heavy atom. The van der Waals surface area contributed by atoms with E-state index in [2.05, 4.69) is 5.43 Å². The number of hydrogen-bond donors (Lipinski definition) is 1. The predicted molar refractivity (Wildman–Crippen MR) is 88.5 cm³/mol. The van der Waals surface area contributed by atoms with Gasteiger partial charge >= 0.3 is 0 Å². The third-order valence-electron chi connectivity index (χ3n) is 2.90. The van der Waals surface area contributed by atoms with Crippen LogP contribution in [0.25, 0.3) is 6.08 Å². The van der Waals surface area contributed by atoms with Crippen molar-refractivity contribution in [2.45, 2.75) is 6.92 Å². The Morgan fingerprint density at radius 3 is 2.71 bits per heavy atom. The van der Waals surface area contributed by atoms with E-state index in [1.54, 1.807) is 24.5 Å². The molecule has 2 aromatic rings. The first-order valence-corrected chi connectivity index (χ1v) is 7.51. The van der Waals surface area contributed by atoms with E-state index in [-0.39, 0.29) is 5.91 Å². The molecule has 1 aliphatic rings. The van der Waals surface area contributed by atoms with E-state index in [4.69, 9.17) is 16.6 Å². The number of nitrogens with zero attached hydrogens (tertiary/aromatic N) is 1. The first-order valence-electron chi connectivity index (χ1n) is 6.28. The zero-order chi connectivity index (χ0) is 14.8. The van der Waals surface area contributed by atoms with Crippen LogP contribution in [0.3, 0.4) is 0 Å². The van der Waals surface area contributed by atoms with Gasteiger partial charge < -0.3 is 4.42 Å². The highest BCUT2D eigenvalue weighted by molar-refractivity contribution is 8.26. The number of nitrogens with one attached hydrogen (secondary N) is 1. The number of thiocarbonyl (C=S) groups is 1. The summed E-state index contributed by atoms with van der Waals surface area (Å²) in [4.78, 5) is 12.9. The van der Waals surface area contributed by atoms with Crippen LogP contribution in [0.1, 0.15) is 11.3 Å². The van der Waals surface area contributed by atoms with Crippen molar-refractivity contribution in [2.75, 3.05) is 5.43 Å². The lowest BCUT2D eigenvalue weighted by atomic mass is 10.2. The van der Waals surface area contributed by atoms with Crippen LogP contribution in [0.5, 0.6) is 0 Å². The van der Waals surface area contributed by atoms with Crippen LogP contribution >= 0.6 is 24.0 Å². The standard InChI is InChI=1S/C15H12N2O2S2/c1-10-4-6-11(7-5-10)16-17-14(18)13(21-15(17)20)9-12-3-2-8-19-12/h2-9,16H,1H3/b13-9+. The molecule has 0 saturated carbocycles. The van der Waals surface area contributed by atoms with Crippen molar-refractivity contribution < 1.29 is 9.21 Å². The number of benzene rings is 1. The lowest BCUT2D eigenvalue weighted by molar-refractivity contribution is -0.121. The molecule has 106 valence electrons. The van der Waals surface area contributed by atoms with Crippen LogP contribution in [-0.2, 0) is 4.79 Å². The van der Waals surface area contributed by atoms with E-state index in [0.29, 0.717) is 15.0 Å². The van der Waals surface area contributed by atoms with Gasteiger partial charge in [0, 0.05) is 6.08 Å². The summed E-state index contributed by atoms with van der Waals surface area (Å²) < 4.78 is 5.69. The topological polar surface area (TPSA) is 45.5 Å². The highest BCUT2D eigenvalue weighted by atomic mass is 32.2. The first-order chi connectivity index (χ1) is 10.1. The molecule has 21 heavy (non-hydrogen) atoms. The maximum atomic E-state index is 12.4. The average Bonchev–Trinajstić information content (AvgIpc) is 3.06. The van der Waals surface area contributed by atoms with Gasteiger partial charge in [0.15, 0.2) is 4.32 Å².